The van der Waals surface area contributed by atoms with Crippen LogP contribution in [0.1, 0.15) is 37.5 Å². The number of carbonyl (C=O) groups is 2. The van der Waals surface area contributed by atoms with E-state index in [2.05, 4.69) is 41.8 Å². The number of hydrogen-bond donors (Lipinski definition) is 1. The first-order chi connectivity index (χ1) is 10.4. The quantitative estimate of drug-likeness (QED) is 0.843. The van der Waals surface area contributed by atoms with Crippen molar-refractivity contribution in [1.82, 2.24) is 10.2 Å². The first-order valence-electron chi connectivity index (χ1n) is 7.58. The highest BCUT2D eigenvalue weighted by Crippen LogP contribution is 2.42. The van der Waals surface area contributed by atoms with Crippen molar-refractivity contribution < 1.29 is 14.3 Å². The lowest BCUT2D eigenvalue weighted by Gasteiger charge is -2.44. The predicted molar refractivity (Wildman–Crippen MR) is 86.7 cm³/mol. The molecule has 122 valence electrons. The molecule has 6 heteroatoms. The summed E-state index contributed by atoms with van der Waals surface area (Å²) in [6.07, 6.45) is 3.89. The normalized spacial score (nSPS) is 25.0. The molecule has 0 spiro atoms. The molecule has 1 aliphatic carbocycles. The van der Waals surface area contributed by atoms with Crippen LogP contribution in [0.2, 0.25) is 0 Å². The molecule has 0 unspecified atom stereocenters. The number of nitrogens with zero attached hydrogens (tertiary/aromatic N) is 1. The molecule has 0 aliphatic heterocycles. The molecule has 0 saturated heterocycles. The van der Waals surface area contributed by atoms with Crippen molar-refractivity contribution in [2.75, 3.05) is 20.7 Å². The Morgan fingerprint density at radius 3 is 2.59 bits per heavy atom. The second kappa shape index (κ2) is 7.24. The second-order valence-corrected chi connectivity index (χ2v) is 6.97. The van der Waals surface area contributed by atoms with Crippen molar-refractivity contribution in [3.8, 4) is 0 Å². The minimum Gasteiger partial charge on any atom is -0.456 e. The Morgan fingerprint density at radius 2 is 2.09 bits per heavy atom. The minimum absolute atomic E-state index is 0.0747. The van der Waals surface area contributed by atoms with Gasteiger partial charge in [-0.15, -0.1) is 11.3 Å². The van der Waals surface area contributed by atoms with Crippen LogP contribution in [0.3, 0.4) is 0 Å². The van der Waals surface area contributed by atoms with Crippen molar-refractivity contribution in [2.45, 2.75) is 44.2 Å². The predicted octanol–water partition coefficient (Wildman–Crippen LogP) is 2.13. The van der Waals surface area contributed by atoms with E-state index in [1.54, 1.807) is 11.3 Å². The first kappa shape index (κ1) is 17.0. The van der Waals surface area contributed by atoms with E-state index in [1.807, 2.05) is 0 Å². The van der Waals surface area contributed by atoms with Crippen molar-refractivity contribution in [3.05, 3.63) is 22.4 Å². The van der Waals surface area contributed by atoms with Gasteiger partial charge in [0.15, 0.2) is 6.61 Å². The van der Waals surface area contributed by atoms with Crippen LogP contribution < -0.4 is 5.32 Å². The fourth-order valence-electron chi connectivity index (χ4n) is 3.13. The van der Waals surface area contributed by atoms with Gasteiger partial charge in [-0.2, -0.15) is 0 Å². The molecule has 1 heterocycles. The number of esters is 1. The zero-order valence-electron chi connectivity index (χ0n) is 13.4. The Labute approximate surface area is 135 Å². The van der Waals surface area contributed by atoms with Crippen LogP contribution in [-0.4, -0.2) is 43.5 Å². The highest BCUT2D eigenvalue weighted by Gasteiger charge is 2.39. The SMILES string of the molecule is CC(=O)OCC(=O)NC1CCC(c2cccs2)(N(C)C)CC1. The summed E-state index contributed by atoms with van der Waals surface area (Å²) in [4.78, 5) is 26.2. The largest absolute Gasteiger partial charge is 0.456 e. The topological polar surface area (TPSA) is 58.6 Å². The van der Waals surface area contributed by atoms with Gasteiger partial charge in [-0.3, -0.25) is 14.5 Å². The van der Waals surface area contributed by atoms with Crippen LogP contribution in [0.5, 0.6) is 0 Å². The molecule has 22 heavy (non-hydrogen) atoms. The number of rotatable bonds is 5. The lowest BCUT2D eigenvalue weighted by Crippen LogP contribution is -2.48. The molecule has 0 bridgehead atoms. The monoisotopic (exact) mass is 324 g/mol. The molecule has 5 nitrogen and oxygen atoms in total. The Bertz CT molecular complexity index is 505. The maximum absolute atomic E-state index is 11.7. The number of nitrogens with one attached hydrogen (secondary N) is 1. The highest BCUT2D eigenvalue weighted by atomic mass is 32.1. The fourth-order valence-corrected chi connectivity index (χ4v) is 4.20. The van der Waals surface area contributed by atoms with Crippen LogP contribution >= 0.6 is 11.3 Å². The van der Waals surface area contributed by atoms with E-state index in [9.17, 15) is 9.59 Å². The molecule has 1 aromatic heterocycles. The molecule has 1 amide bonds. The van der Waals surface area contributed by atoms with Crippen molar-refractivity contribution in [1.29, 1.82) is 0 Å². The molecule has 0 aromatic carbocycles. The third-order valence-electron chi connectivity index (χ3n) is 4.42. The van der Waals surface area contributed by atoms with Gasteiger partial charge >= 0.3 is 5.97 Å². The average molecular weight is 324 g/mol. The van der Waals surface area contributed by atoms with Gasteiger partial charge in [-0.1, -0.05) is 6.07 Å². The Kier molecular flexibility index (Phi) is 5.58. The smallest absolute Gasteiger partial charge is 0.303 e. The number of hydrogen-bond acceptors (Lipinski definition) is 5. The van der Waals surface area contributed by atoms with Crippen LogP contribution in [0.4, 0.5) is 0 Å². The lowest BCUT2D eigenvalue weighted by molar-refractivity contribution is -0.146. The average Bonchev–Trinajstić information content (AvgIpc) is 3.00. The molecule has 2 rings (SSSR count). The van der Waals surface area contributed by atoms with Gasteiger partial charge in [-0.25, -0.2) is 0 Å². The summed E-state index contributed by atoms with van der Waals surface area (Å²) < 4.78 is 4.73. The van der Waals surface area contributed by atoms with Gasteiger partial charge in [0.25, 0.3) is 5.91 Å². The standard InChI is InChI=1S/C16H24N2O3S/c1-12(19)21-11-15(20)17-13-6-8-16(9-7-13,18(2)3)14-5-4-10-22-14/h4-5,10,13H,6-9,11H2,1-3H3,(H,17,20). The van der Waals surface area contributed by atoms with Gasteiger partial charge < -0.3 is 10.1 Å². The van der Waals surface area contributed by atoms with Gasteiger partial charge in [0.2, 0.25) is 0 Å². The second-order valence-electron chi connectivity index (χ2n) is 6.03. The van der Waals surface area contributed by atoms with Crippen molar-refractivity contribution >= 4 is 23.2 Å². The molecule has 1 aliphatic rings. The summed E-state index contributed by atoms with van der Waals surface area (Å²) >= 11 is 1.80. The van der Waals surface area contributed by atoms with Gasteiger partial charge in [-0.05, 0) is 51.2 Å². The molecule has 1 aromatic rings. The maximum Gasteiger partial charge on any atom is 0.303 e. The molecular formula is C16H24N2O3S. The number of carbonyl (C=O) groups excluding carboxylic acids is 2. The summed E-state index contributed by atoms with van der Waals surface area (Å²) in [6.45, 7) is 1.12. The maximum atomic E-state index is 11.7. The summed E-state index contributed by atoms with van der Waals surface area (Å²) in [7, 11) is 4.25. The molecule has 1 fully saturated rings. The van der Waals surface area contributed by atoms with Crippen LogP contribution in [0.25, 0.3) is 0 Å². The van der Waals surface area contributed by atoms with E-state index in [0.717, 1.165) is 25.7 Å². The Balaban J connectivity index is 1.91. The van der Waals surface area contributed by atoms with Crippen molar-refractivity contribution in [3.63, 3.8) is 0 Å². The van der Waals surface area contributed by atoms with Crippen LogP contribution in [0, 0.1) is 0 Å². The fraction of sp³-hybridized carbons (Fsp3) is 0.625. The van der Waals surface area contributed by atoms with E-state index in [1.165, 1.54) is 11.8 Å². The van der Waals surface area contributed by atoms with E-state index >= 15 is 0 Å². The van der Waals surface area contributed by atoms with Crippen molar-refractivity contribution in [2.24, 2.45) is 0 Å². The van der Waals surface area contributed by atoms with Gasteiger partial charge in [0.05, 0.1) is 5.54 Å². The Hall–Kier alpha value is -1.40. The summed E-state index contributed by atoms with van der Waals surface area (Å²) in [5.41, 5.74) is 0.0747. The van der Waals surface area contributed by atoms with E-state index < -0.39 is 5.97 Å². The number of amides is 1. The Morgan fingerprint density at radius 1 is 1.41 bits per heavy atom. The van der Waals surface area contributed by atoms with E-state index in [4.69, 9.17) is 4.74 Å². The third-order valence-corrected chi connectivity index (χ3v) is 5.48. The van der Waals surface area contributed by atoms with Crippen LogP contribution in [-0.2, 0) is 19.9 Å². The highest BCUT2D eigenvalue weighted by molar-refractivity contribution is 7.10. The molecule has 0 atom stereocenters. The zero-order chi connectivity index (χ0) is 16.2. The molecule has 1 N–H and O–H groups in total. The molecule has 0 radical (unpaired) electrons. The number of thiophene rings is 1. The van der Waals surface area contributed by atoms with Crippen LogP contribution in [0.15, 0.2) is 17.5 Å². The third kappa shape index (κ3) is 3.87. The van der Waals surface area contributed by atoms with Gasteiger partial charge in [0, 0.05) is 17.8 Å². The zero-order valence-corrected chi connectivity index (χ0v) is 14.2. The first-order valence-corrected chi connectivity index (χ1v) is 8.46. The van der Waals surface area contributed by atoms with Gasteiger partial charge in [0.1, 0.15) is 0 Å². The molecule has 1 saturated carbocycles. The summed E-state index contributed by atoms with van der Waals surface area (Å²) in [5, 5.41) is 5.08. The lowest BCUT2D eigenvalue weighted by atomic mass is 9.77. The summed E-state index contributed by atoms with van der Waals surface area (Å²) in [5.74, 6) is -0.642. The van der Waals surface area contributed by atoms with E-state index in [0.29, 0.717) is 0 Å². The minimum atomic E-state index is -0.428. The van der Waals surface area contributed by atoms with E-state index in [-0.39, 0.29) is 24.1 Å². The molecular weight excluding hydrogens is 300 g/mol. The summed E-state index contributed by atoms with van der Waals surface area (Å²) in [6, 6.07) is 4.46. The number of ether oxygens (including phenoxy) is 1.